The van der Waals surface area contributed by atoms with Gasteiger partial charge >= 0.3 is 5.92 Å². The Labute approximate surface area is 130 Å². The zero-order chi connectivity index (χ0) is 15.7. The highest BCUT2D eigenvalue weighted by Crippen LogP contribution is 2.43. The van der Waals surface area contributed by atoms with E-state index >= 15 is 0 Å². The summed E-state index contributed by atoms with van der Waals surface area (Å²) in [4.78, 5) is 0. The Kier molecular flexibility index (Phi) is 4.33. The van der Waals surface area contributed by atoms with Crippen molar-refractivity contribution < 1.29 is 13.2 Å². The minimum atomic E-state index is -3.40. The Balaban J connectivity index is 1.77. The summed E-state index contributed by atoms with van der Waals surface area (Å²) in [7, 11) is 0. The van der Waals surface area contributed by atoms with E-state index in [1.807, 2.05) is 6.07 Å². The van der Waals surface area contributed by atoms with Crippen molar-refractivity contribution in [1.82, 2.24) is 0 Å². The molecule has 0 nitrogen and oxygen atoms in total. The lowest BCUT2D eigenvalue weighted by Crippen LogP contribution is -2.29. The van der Waals surface area contributed by atoms with E-state index in [9.17, 15) is 13.2 Å². The van der Waals surface area contributed by atoms with Crippen molar-refractivity contribution in [2.75, 3.05) is 0 Å². The first-order chi connectivity index (χ1) is 10.5. The molecule has 1 atom stereocenters. The molecule has 0 aliphatic heterocycles. The van der Waals surface area contributed by atoms with E-state index in [-0.39, 0.29) is 5.56 Å². The predicted molar refractivity (Wildman–Crippen MR) is 83.9 cm³/mol. The molecule has 0 amide bonds. The zero-order valence-corrected chi connectivity index (χ0v) is 13.0. The van der Waals surface area contributed by atoms with E-state index < -0.39 is 12.1 Å². The van der Waals surface area contributed by atoms with Crippen molar-refractivity contribution in [2.45, 2.75) is 63.5 Å². The van der Waals surface area contributed by atoms with Gasteiger partial charge < -0.3 is 0 Å². The predicted octanol–water partition coefficient (Wildman–Crippen LogP) is 6.22. The van der Waals surface area contributed by atoms with Crippen molar-refractivity contribution in [2.24, 2.45) is 5.92 Å². The number of fused-ring (bicyclic) bond motifs is 1. The summed E-state index contributed by atoms with van der Waals surface area (Å²) in [5, 5.41) is 0. The van der Waals surface area contributed by atoms with Gasteiger partial charge in [-0.25, -0.2) is 4.39 Å². The van der Waals surface area contributed by atoms with E-state index in [1.54, 1.807) is 6.07 Å². The molecule has 1 fully saturated rings. The van der Waals surface area contributed by atoms with E-state index in [0.29, 0.717) is 11.5 Å². The van der Waals surface area contributed by atoms with Gasteiger partial charge in [-0.15, -0.1) is 0 Å². The summed E-state index contributed by atoms with van der Waals surface area (Å²) in [6, 6.07) is 5.05. The molecule has 22 heavy (non-hydrogen) atoms. The molecule has 120 valence electrons. The van der Waals surface area contributed by atoms with Gasteiger partial charge in [0, 0.05) is 5.56 Å². The first kappa shape index (κ1) is 15.6. The number of alkyl halides is 3. The highest BCUT2D eigenvalue weighted by atomic mass is 19.3. The Morgan fingerprint density at radius 2 is 1.86 bits per heavy atom. The number of rotatable bonds is 3. The summed E-state index contributed by atoms with van der Waals surface area (Å²) >= 11 is 0. The minimum Gasteiger partial charge on any atom is -0.236 e. The molecule has 2 aliphatic carbocycles. The summed E-state index contributed by atoms with van der Waals surface area (Å²) in [5.41, 5.74) is 1.43. The quantitative estimate of drug-likeness (QED) is 0.622. The van der Waals surface area contributed by atoms with Gasteiger partial charge in [-0.2, -0.15) is 8.78 Å². The smallest absolute Gasteiger partial charge is 0.236 e. The van der Waals surface area contributed by atoms with E-state index in [1.165, 1.54) is 37.8 Å². The van der Waals surface area contributed by atoms with Crippen molar-refractivity contribution in [3.8, 4) is 0 Å². The molecular formula is C19H23F3. The van der Waals surface area contributed by atoms with E-state index in [4.69, 9.17) is 0 Å². The normalized spacial score (nSPS) is 30.1. The van der Waals surface area contributed by atoms with Crippen LogP contribution in [0.25, 0.3) is 6.08 Å². The topological polar surface area (TPSA) is 0 Å². The third-order valence-electron chi connectivity index (χ3n) is 5.24. The first-order valence-corrected chi connectivity index (χ1v) is 8.37. The fraction of sp³-hybridized carbons (Fsp3) is 0.579. The molecule has 0 N–H and O–H groups in total. The van der Waals surface area contributed by atoms with Gasteiger partial charge in [-0.1, -0.05) is 44.0 Å². The van der Waals surface area contributed by atoms with Crippen LogP contribution in [0.4, 0.5) is 13.2 Å². The van der Waals surface area contributed by atoms with Crippen LogP contribution >= 0.6 is 0 Å². The molecule has 0 aromatic heterocycles. The lowest BCUT2D eigenvalue weighted by molar-refractivity contribution is -0.0610. The zero-order valence-electron chi connectivity index (χ0n) is 13.0. The largest absolute Gasteiger partial charge is 0.307 e. The van der Waals surface area contributed by atoms with Crippen LogP contribution in [-0.4, -0.2) is 6.17 Å². The van der Waals surface area contributed by atoms with E-state index in [2.05, 4.69) is 6.92 Å². The maximum Gasteiger partial charge on any atom is 0.307 e. The highest BCUT2D eigenvalue weighted by molar-refractivity contribution is 5.60. The second kappa shape index (κ2) is 6.10. The van der Waals surface area contributed by atoms with Crippen molar-refractivity contribution >= 4 is 6.08 Å². The Hall–Kier alpha value is -1.25. The summed E-state index contributed by atoms with van der Waals surface area (Å²) in [6.07, 6.45) is 7.53. The maximum absolute atomic E-state index is 13.9. The van der Waals surface area contributed by atoms with Crippen LogP contribution in [-0.2, 0) is 5.92 Å². The summed E-state index contributed by atoms with van der Waals surface area (Å²) < 4.78 is 41.1. The van der Waals surface area contributed by atoms with Crippen molar-refractivity contribution in [3.05, 3.63) is 41.0 Å². The molecule has 1 aromatic carbocycles. The lowest BCUT2D eigenvalue weighted by atomic mass is 9.76. The van der Waals surface area contributed by atoms with Crippen LogP contribution in [0, 0.1) is 5.92 Å². The Morgan fingerprint density at radius 3 is 2.55 bits per heavy atom. The fourth-order valence-corrected chi connectivity index (χ4v) is 3.93. The fourth-order valence-electron chi connectivity index (χ4n) is 3.93. The average molecular weight is 308 g/mol. The number of hydrogen-bond acceptors (Lipinski definition) is 0. The van der Waals surface area contributed by atoms with Crippen molar-refractivity contribution in [1.29, 1.82) is 0 Å². The highest BCUT2D eigenvalue weighted by Gasteiger charge is 2.44. The monoisotopic (exact) mass is 308 g/mol. The van der Waals surface area contributed by atoms with Crippen LogP contribution < -0.4 is 0 Å². The molecule has 0 saturated heterocycles. The molecule has 0 radical (unpaired) electrons. The first-order valence-electron chi connectivity index (χ1n) is 8.37. The molecule has 3 heteroatoms. The van der Waals surface area contributed by atoms with Gasteiger partial charge in [0.25, 0.3) is 0 Å². The molecule has 1 aromatic rings. The Bertz CT molecular complexity index is 554. The Morgan fingerprint density at radius 1 is 1.14 bits per heavy atom. The molecule has 0 spiro atoms. The van der Waals surface area contributed by atoms with Gasteiger partial charge in [0.05, 0.1) is 0 Å². The number of benzene rings is 1. The standard InChI is InChI=1S/C19H23F3/c1-2-3-13-4-6-14(7-5-13)15-8-10-17-16(12-15)9-11-18(20)19(17,21)22/h8-14,18H,2-7H2,1H3. The molecule has 1 unspecified atom stereocenters. The van der Waals surface area contributed by atoms with Crippen LogP contribution in [0.2, 0.25) is 0 Å². The van der Waals surface area contributed by atoms with Gasteiger partial charge in [0.2, 0.25) is 0 Å². The third kappa shape index (κ3) is 2.82. The number of halogens is 3. The average Bonchev–Trinajstić information content (AvgIpc) is 2.52. The van der Waals surface area contributed by atoms with Crippen LogP contribution in [0.1, 0.15) is 68.1 Å². The molecule has 0 heterocycles. The van der Waals surface area contributed by atoms with Crippen LogP contribution in [0.5, 0.6) is 0 Å². The molecule has 1 saturated carbocycles. The second-order valence-corrected chi connectivity index (χ2v) is 6.74. The number of allylic oxidation sites excluding steroid dienone is 1. The van der Waals surface area contributed by atoms with Gasteiger partial charge in [-0.05, 0) is 54.7 Å². The SMILES string of the molecule is CCCC1CCC(c2ccc3c(c2)C=CC(F)C3(F)F)CC1. The third-order valence-corrected chi connectivity index (χ3v) is 5.24. The second-order valence-electron chi connectivity index (χ2n) is 6.74. The minimum absolute atomic E-state index is 0.175. The molecular weight excluding hydrogens is 285 g/mol. The maximum atomic E-state index is 13.9. The van der Waals surface area contributed by atoms with Crippen molar-refractivity contribution in [3.63, 3.8) is 0 Å². The van der Waals surface area contributed by atoms with E-state index in [0.717, 1.165) is 30.4 Å². The van der Waals surface area contributed by atoms with Crippen LogP contribution in [0.3, 0.4) is 0 Å². The van der Waals surface area contributed by atoms with Gasteiger partial charge in [0.1, 0.15) is 0 Å². The molecule has 3 rings (SSSR count). The van der Waals surface area contributed by atoms with Gasteiger partial charge in [-0.3, -0.25) is 0 Å². The van der Waals surface area contributed by atoms with Gasteiger partial charge in [0.15, 0.2) is 6.17 Å². The van der Waals surface area contributed by atoms with Crippen LogP contribution in [0.15, 0.2) is 24.3 Å². The lowest BCUT2D eigenvalue weighted by Gasteiger charge is -2.30. The number of hydrogen-bond donors (Lipinski definition) is 0. The summed E-state index contributed by atoms with van der Waals surface area (Å²) in [6.45, 7) is 2.22. The summed E-state index contributed by atoms with van der Waals surface area (Å²) in [5.74, 6) is -2.11. The molecule has 2 aliphatic rings. The molecule has 0 bridgehead atoms.